The Balaban J connectivity index is 2.16. The Kier molecular flexibility index (Phi) is 3.11. The Labute approximate surface area is 117 Å². The van der Waals surface area contributed by atoms with Crippen molar-refractivity contribution in [3.63, 3.8) is 0 Å². The van der Waals surface area contributed by atoms with Crippen molar-refractivity contribution >= 4 is 22.5 Å². The first kappa shape index (κ1) is 12.7. The molecule has 2 aromatic rings. The van der Waals surface area contributed by atoms with Crippen molar-refractivity contribution in [1.29, 1.82) is 0 Å². The minimum atomic E-state index is 0.0746. The molecular formula is C15H17ClN2O. The van der Waals surface area contributed by atoms with E-state index < -0.39 is 0 Å². The molecule has 100 valence electrons. The largest absolute Gasteiger partial charge is 0.481 e. The number of nitrogens with zero attached hydrogens (tertiary/aromatic N) is 1. The van der Waals surface area contributed by atoms with Gasteiger partial charge in [-0.2, -0.15) is 0 Å². The van der Waals surface area contributed by atoms with Crippen LogP contribution in [0.1, 0.15) is 24.8 Å². The van der Waals surface area contributed by atoms with Crippen LogP contribution in [0.3, 0.4) is 0 Å². The molecule has 3 rings (SSSR count). The van der Waals surface area contributed by atoms with Crippen molar-refractivity contribution in [2.24, 2.45) is 5.73 Å². The number of benzene rings is 1. The van der Waals surface area contributed by atoms with E-state index in [-0.39, 0.29) is 5.41 Å². The highest BCUT2D eigenvalue weighted by Gasteiger charge is 2.39. The molecule has 0 spiro atoms. The van der Waals surface area contributed by atoms with Crippen LogP contribution >= 0.6 is 11.6 Å². The molecule has 1 aromatic heterocycles. The summed E-state index contributed by atoms with van der Waals surface area (Å²) >= 11 is 6.58. The average molecular weight is 277 g/mol. The minimum Gasteiger partial charge on any atom is -0.481 e. The van der Waals surface area contributed by atoms with E-state index in [0.29, 0.717) is 12.4 Å². The van der Waals surface area contributed by atoms with E-state index in [4.69, 9.17) is 22.1 Å². The molecule has 0 radical (unpaired) electrons. The Morgan fingerprint density at radius 3 is 2.68 bits per heavy atom. The van der Waals surface area contributed by atoms with E-state index in [2.05, 4.69) is 11.1 Å². The number of rotatable bonds is 3. The summed E-state index contributed by atoms with van der Waals surface area (Å²) in [6, 6.07) is 7.89. The molecule has 0 atom stereocenters. The van der Waals surface area contributed by atoms with Crippen LogP contribution in [0.5, 0.6) is 5.88 Å². The SMILES string of the molecule is COc1ccc2c(Cl)c(C3(CN)CCC3)ccc2n1. The van der Waals surface area contributed by atoms with E-state index in [1.165, 1.54) is 12.0 Å². The van der Waals surface area contributed by atoms with Gasteiger partial charge in [0.1, 0.15) is 0 Å². The van der Waals surface area contributed by atoms with Crippen LogP contribution in [0.2, 0.25) is 5.02 Å². The van der Waals surface area contributed by atoms with Crippen molar-refractivity contribution < 1.29 is 4.74 Å². The number of halogens is 1. The minimum absolute atomic E-state index is 0.0746. The maximum atomic E-state index is 6.58. The summed E-state index contributed by atoms with van der Waals surface area (Å²) in [6.07, 6.45) is 3.48. The second-order valence-electron chi connectivity index (χ2n) is 5.19. The number of nitrogens with two attached hydrogens (primary N) is 1. The Morgan fingerprint density at radius 1 is 1.32 bits per heavy atom. The summed E-state index contributed by atoms with van der Waals surface area (Å²) in [5.74, 6) is 0.605. The van der Waals surface area contributed by atoms with E-state index in [1.54, 1.807) is 7.11 Å². The molecule has 1 fully saturated rings. The van der Waals surface area contributed by atoms with Crippen LogP contribution in [0.15, 0.2) is 24.3 Å². The third-order valence-electron chi connectivity index (χ3n) is 4.26. The molecule has 1 aromatic carbocycles. The van der Waals surface area contributed by atoms with E-state index >= 15 is 0 Å². The van der Waals surface area contributed by atoms with Gasteiger partial charge in [-0.1, -0.05) is 24.1 Å². The number of ether oxygens (including phenoxy) is 1. The van der Waals surface area contributed by atoms with Gasteiger partial charge in [0.05, 0.1) is 17.6 Å². The summed E-state index contributed by atoms with van der Waals surface area (Å²) in [7, 11) is 1.61. The summed E-state index contributed by atoms with van der Waals surface area (Å²) in [5.41, 5.74) is 8.07. The predicted octanol–water partition coefficient (Wildman–Crippen LogP) is 3.28. The summed E-state index contributed by atoms with van der Waals surface area (Å²) in [6.45, 7) is 0.655. The molecule has 0 aliphatic heterocycles. The fourth-order valence-corrected chi connectivity index (χ4v) is 3.28. The van der Waals surface area contributed by atoms with Gasteiger partial charge in [-0.3, -0.25) is 0 Å². The number of hydrogen-bond acceptors (Lipinski definition) is 3. The summed E-state index contributed by atoms with van der Waals surface area (Å²) in [5, 5.41) is 1.76. The van der Waals surface area contributed by atoms with Gasteiger partial charge in [0.25, 0.3) is 0 Å². The highest BCUT2D eigenvalue weighted by Crippen LogP contribution is 2.46. The van der Waals surface area contributed by atoms with Crippen LogP contribution in [0, 0.1) is 0 Å². The lowest BCUT2D eigenvalue weighted by Gasteiger charge is -2.42. The smallest absolute Gasteiger partial charge is 0.213 e. The fraction of sp³-hybridized carbons (Fsp3) is 0.400. The maximum absolute atomic E-state index is 6.58. The lowest BCUT2D eigenvalue weighted by Crippen LogP contribution is -2.41. The van der Waals surface area contributed by atoms with E-state index in [1.807, 2.05) is 18.2 Å². The Hall–Kier alpha value is -1.32. The third kappa shape index (κ3) is 1.88. The highest BCUT2D eigenvalue weighted by molar-refractivity contribution is 6.36. The summed E-state index contributed by atoms with van der Waals surface area (Å²) in [4.78, 5) is 4.41. The Morgan fingerprint density at radius 2 is 2.11 bits per heavy atom. The first-order valence-electron chi connectivity index (χ1n) is 6.54. The zero-order chi connectivity index (χ0) is 13.5. The van der Waals surface area contributed by atoms with Crippen molar-refractivity contribution in [2.45, 2.75) is 24.7 Å². The van der Waals surface area contributed by atoms with Gasteiger partial charge in [-0.05, 0) is 30.5 Å². The predicted molar refractivity (Wildman–Crippen MR) is 77.9 cm³/mol. The van der Waals surface area contributed by atoms with E-state index in [9.17, 15) is 0 Å². The normalized spacial score (nSPS) is 17.2. The molecule has 1 saturated carbocycles. The van der Waals surface area contributed by atoms with Crippen molar-refractivity contribution in [3.05, 3.63) is 34.9 Å². The zero-order valence-electron chi connectivity index (χ0n) is 10.9. The van der Waals surface area contributed by atoms with E-state index in [0.717, 1.165) is 28.8 Å². The van der Waals surface area contributed by atoms with Crippen LogP contribution in [-0.4, -0.2) is 18.6 Å². The molecule has 0 unspecified atom stereocenters. The zero-order valence-corrected chi connectivity index (χ0v) is 11.7. The third-order valence-corrected chi connectivity index (χ3v) is 4.67. The lowest BCUT2D eigenvalue weighted by atomic mass is 9.64. The van der Waals surface area contributed by atoms with Gasteiger partial charge >= 0.3 is 0 Å². The first-order valence-corrected chi connectivity index (χ1v) is 6.92. The highest BCUT2D eigenvalue weighted by atomic mass is 35.5. The van der Waals surface area contributed by atoms with Crippen LogP contribution in [-0.2, 0) is 5.41 Å². The molecule has 2 N–H and O–H groups in total. The number of fused-ring (bicyclic) bond motifs is 1. The number of pyridine rings is 1. The van der Waals surface area contributed by atoms with Crippen LogP contribution < -0.4 is 10.5 Å². The quantitative estimate of drug-likeness (QED) is 0.936. The van der Waals surface area contributed by atoms with Gasteiger partial charge < -0.3 is 10.5 Å². The second-order valence-corrected chi connectivity index (χ2v) is 5.56. The lowest BCUT2D eigenvalue weighted by molar-refractivity contribution is 0.253. The van der Waals surface area contributed by atoms with Gasteiger partial charge in [-0.15, -0.1) is 0 Å². The van der Waals surface area contributed by atoms with Crippen molar-refractivity contribution in [1.82, 2.24) is 4.98 Å². The number of methoxy groups -OCH3 is 1. The van der Waals surface area contributed by atoms with Crippen LogP contribution in [0.25, 0.3) is 10.9 Å². The fourth-order valence-electron chi connectivity index (χ4n) is 2.86. The molecule has 19 heavy (non-hydrogen) atoms. The van der Waals surface area contributed by atoms with Gasteiger partial charge in [-0.25, -0.2) is 4.98 Å². The van der Waals surface area contributed by atoms with Gasteiger partial charge in [0.15, 0.2) is 0 Å². The topological polar surface area (TPSA) is 48.1 Å². The second kappa shape index (κ2) is 4.66. The monoisotopic (exact) mass is 276 g/mol. The van der Waals surface area contributed by atoms with Crippen molar-refractivity contribution in [3.8, 4) is 5.88 Å². The molecule has 0 amide bonds. The maximum Gasteiger partial charge on any atom is 0.213 e. The molecule has 1 heterocycles. The number of aromatic nitrogens is 1. The Bertz CT molecular complexity index is 617. The summed E-state index contributed by atoms with van der Waals surface area (Å²) < 4.78 is 5.14. The molecule has 0 saturated heterocycles. The number of hydrogen-bond donors (Lipinski definition) is 1. The molecule has 1 aliphatic carbocycles. The van der Waals surface area contributed by atoms with Gasteiger partial charge in [0, 0.05) is 23.4 Å². The molecule has 4 heteroatoms. The molecule has 0 bridgehead atoms. The molecular weight excluding hydrogens is 260 g/mol. The van der Waals surface area contributed by atoms with Gasteiger partial charge in [0.2, 0.25) is 5.88 Å². The van der Waals surface area contributed by atoms with Crippen LogP contribution in [0.4, 0.5) is 0 Å². The molecule has 1 aliphatic rings. The van der Waals surface area contributed by atoms with Crippen molar-refractivity contribution in [2.75, 3.05) is 13.7 Å². The standard InChI is InChI=1S/C15H17ClN2O/c1-19-13-6-3-10-12(18-13)5-4-11(14(10)16)15(9-17)7-2-8-15/h3-6H,2,7-9,17H2,1H3. The average Bonchev–Trinajstić information content (AvgIpc) is 2.40. The first-order chi connectivity index (χ1) is 9.20. The molecule has 3 nitrogen and oxygen atoms in total.